The molecule has 2 aromatic rings. The van der Waals surface area contributed by atoms with Gasteiger partial charge in [-0.3, -0.25) is 4.79 Å². The van der Waals surface area contributed by atoms with Gasteiger partial charge in [-0.05, 0) is 23.3 Å². The van der Waals surface area contributed by atoms with Gasteiger partial charge in [0.2, 0.25) is 5.91 Å². The molecule has 2 aromatic carbocycles. The number of nitrogens with one attached hydrogen (secondary N) is 1. The van der Waals surface area contributed by atoms with Crippen molar-refractivity contribution in [3.8, 4) is 0 Å². The lowest BCUT2D eigenvalue weighted by Gasteiger charge is -2.20. The predicted molar refractivity (Wildman–Crippen MR) is 79.3 cm³/mol. The topological polar surface area (TPSA) is 38.3 Å². The number of amides is 1. The Labute approximate surface area is 123 Å². The number of hydrogen-bond donors (Lipinski definition) is 1. The maximum atomic E-state index is 13.5. The van der Waals surface area contributed by atoms with Gasteiger partial charge >= 0.3 is 0 Å². The lowest BCUT2D eigenvalue weighted by atomic mass is 9.98. The lowest BCUT2D eigenvalue weighted by molar-refractivity contribution is -0.122. The Morgan fingerprint density at radius 3 is 2.52 bits per heavy atom. The minimum atomic E-state index is -0.369. The highest BCUT2D eigenvalue weighted by Gasteiger charge is 2.17. The molecule has 0 heterocycles. The Hall–Kier alpha value is -2.20. The van der Waals surface area contributed by atoms with Gasteiger partial charge in [0.1, 0.15) is 5.82 Å². The summed E-state index contributed by atoms with van der Waals surface area (Å²) in [5.74, 6) is -0.450. The van der Waals surface area contributed by atoms with Crippen molar-refractivity contribution in [1.29, 1.82) is 0 Å². The minimum absolute atomic E-state index is 0.130. The summed E-state index contributed by atoms with van der Waals surface area (Å²) in [6, 6.07) is 15.4. The molecule has 0 spiro atoms. The fraction of sp³-hybridized carbons (Fsp3) is 0.235. The van der Waals surface area contributed by atoms with Gasteiger partial charge in [-0.1, -0.05) is 42.5 Å². The third-order valence-electron chi connectivity index (χ3n) is 3.15. The van der Waals surface area contributed by atoms with Crippen LogP contribution in [0.3, 0.4) is 0 Å². The highest BCUT2D eigenvalue weighted by molar-refractivity contribution is 5.77. The van der Waals surface area contributed by atoms with E-state index in [1.807, 2.05) is 30.3 Å². The summed E-state index contributed by atoms with van der Waals surface area (Å²) in [5.41, 5.74) is 1.63. The molecule has 0 aliphatic carbocycles. The van der Waals surface area contributed by atoms with Gasteiger partial charge in [-0.2, -0.15) is 0 Å². The fourth-order valence-corrected chi connectivity index (χ4v) is 2.12. The zero-order chi connectivity index (χ0) is 15.1. The number of halogens is 1. The van der Waals surface area contributed by atoms with Crippen LogP contribution in [0.15, 0.2) is 54.6 Å². The van der Waals surface area contributed by atoms with Crippen molar-refractivity contribution in [2.45, 2.75) is 12.5 Å². The molecule has 21 heavy (non-hydrogen) atoms. The SMILES string of the molecule is COCCC(=O)N[C@@H](c1ccccc1)c1cccc(F)c1. The summed E-state index contributed by atoms with van der Waals surface area (Å²) < 4.78 is 18.4. The van der Waals surface area contributed by atoms with Crippen LogP contribution in [0, 0.1) is 5.82 Å². The maximum Gasteiger partial charge on any atom is 0.223 e. The molecule has 0 saturated carbocycles. The second kappa shape index (κ2) is 7.55. The first kappa shape index (κ1) is 15.2. The normalized spacial score (nSPS) is 11.9. The first-order chi connectivity index (χ1) is 10.2. The van der Waals surface area contributed by atoms with Crippen LogP contribution < -0.4 is 5.32 Å². The number of carbonyl (C=O) groups excluding carboxylic acids is 1. The number of rotatable bonds is 6. The Balaban J connectivity index is 2.25. The highest BCUT2D eigenvalue weighted by atomic mass is 19.1. The highest BCUT2D eigenvalue weighted by Crippen LogP contribution is 2.22. The van der Waals surface area contributed by atoms with E-state index >= 15 is 0 Å². The molecule has 1 amide bonds. The maximum absolute atomic E-state index is 13.5. The third kappa shape index (κ3) is 4.39. The van der Waals surface area contributed by atoms with E-state index in [4.69, 9.17) is 4.74 Å². The Bertz CT molecular complexity index is 586. The van der Waals surface area contributed by atoms with Crippen molar-refractivity contribution in [1.82, 2.24) is 5.32 Å². The average molecular weight is 287 g/mol. The molecule has 0 aliphatic rings. The summed E-state index contributed by atoms with van der Waals surface area (Å²) in [6.45, 7) is 0.358. The molecule has 0 aromatic heterocycles. The first-order valence-electron chi connectivity index (χ1n) is 6.79. The monoisotopic (exact) mass is 287 g/mol. The van der Waals surface area contributed by atoms with Crippen LogP contribution in [0.5, 0.6) is 0 Å². The lowest BCUT2D eigenvalue weighted by Crippen LogP contribution is -2.30. The fourth-order valence-electron chi connectivity index (χ4n) is 2.12. The number of carbonyl (C=O) groups is 1. The van der Waals surface area contributed by atoms with Crippen LogP contribution >= 0.6 is 0 Å². The van der Waals surface area contributed by atoms with Gasteiger partial charge in [0, 0.05) is 13.5 Å². The standard InChI is InChI=1S/C17H18FNO2/c1-21-11-10-16(20)19-17(13-6-3-2-4-7-13)14-8-5-9-15(18)12-14/h2-9,12,17H,10-11H2,1H3,(H,19,20)/t17-/m0/s1. The van der Waals surface area contributed by atoms with E-state index in [9.17, 15) is 9.18 Å². The van der Waals surface area contributed by atoms with Crippen molar-refractivity contribution >= 4 is 5.91 Å². The summed E-state index contributed by atoms with van der Waals surface area (Å²) in [7, 11) is 1.55. The number of ether oxygens (including phenoxy) is 1. The smallest absolute Gasteiger partial charge is 0.223 e. The molecule has 0 bridgehead atoms. The quantitative estimate of drug-likeness (QED) is 0.886. The van der Waals surface area contributed by atoms with Crippen molar-refractivity contribution < 1.29 is 13.9 Å². The van der Waals surface area contributed by atoms with Crippen LogP contribution in [0.4, 0.5) is 4.39 Å². The minimum Gasteiger partial charge on any atom is -0.384 e. The van der Waals surface area contributed by atoms with E-state index in [0.29, 0.717) is 12.2 Å². The Morgan fingerprint density at radius 1 is 1.14 bits per heavy atom. The van der Waals surface area contributed by atoms with Crippen LogP contribution in [0.1, 0.15) is 23.6 Å². The second-order valence-corrected chi connectivity index (χ2v) is 4.71. The summed E-state index contributed by atoms with van der Waals surface area (Å²) in [4.78, 5) is 12.0. The molecule has 110 valence electrons. The summed E-state index contributed by atoms with van der Waals surface area (Å²) in [6.07, 6.45) is 0.273. The van der Waals surface area contributed by atoms with Crippen LogP contribution in [-0.2, 0) is 9.53 Å². The number of methoxy groups -OCH3 is 1. The molecule has 0 unspecified atom stereocenters. The molecule has 1 N–H and O–H groups in total. The van der Waals surface area contributed by atoms with Gasteiger partial charge in [0.15, 0.2) is 0 Å². The molecule has 0 saturated heterocycles. The number of benzene rings is 2. The van der Waals surface area contributed by atoms with Crippen molar-refractivity contribution in [2.75, 3.05) is 13.7 Å². The van der Waals surface area contributed by atoms with Crippen molar-refractivity contribution in [3.63, 3.8) is 0 Å². The molecule has 3 nitrogen and oxygen atoms in total. The van der Waals surface area contributed by atoms with Gasteiger partial charge < -0.3 is 10.1 Å². The molecular weight excluding hydrogens is 269 g/mol. The Kier molecular flexibility index (Phi) is 5.46. The molecule has 4 heteroatoms. The molecular formula is C17H18FNO2. The largest absolute Gasteiger partial charge is 0.384 e. The van der Waals surface area contributed by atoms with Gasteiger partial charge in [-0.15, -0.1) is 0 Å². The second-order valence-electron chi connectivity index (χ2n) is 4.71. The zero-order valence-corrected chi connectivity index (χ0v) is 11.9. The van der Waals surface area contributed by atoms with E-state index in [0.717, 1.165) is 5.56 Å². The van der Waals surface area contributed by atoms with E-state index in [1.54, 1.807) is 19.2 Å². The van der Waals surface area contributed by atoms with E-state index in [1.165, 1.54) is 12.1 Å². The molecule has 0 aliphatic heterocycles. The first-order valence-corrected chi connectivity index (χ1v) is 6.79. The average Bonchev–Trinajstić information content (AvgIpc) is 2.51. The van der Waals surface area contributed by atoms with Gasteiger partial charge in [0.05, 0.1) is 12.6 Å². The molecule has 1 atom stereocenters. The number of hydrogen-bond acceptors (Lipinski definition) is 2. The van der Waals surface area contributed by atoms with Crippen LogP contribution in [0.25, 0.3) is 0 Å². The zero-order valence-electron chi connectivity index (χ0n) is 11.9. The molecule has 2 rings (SSSR count). The van der Waals surface area contributed by atoms with Gasteiger partial charge in [0.25, 0.3) is 0 Å². The summed E-state index contributed by atoms with van der Waals surface area (Å²) in [5, 5.41) is 2.93. The molecule has 0 fully saturated rings. The van der Waals surface area contributed by atoms with Crippen LogP contribution in [0.2, 0.25) is 0 Å². The third-order valence-corrected chi connectivity index (χ3v) is 3.15. The van der Waals surface area contributed by atoms with E-state index in [-0.39, 0.29) is 24.2 Å². The molecule has 0 radical (unpaired) electrons. The van der Waals surface area contributed by atoms with E-state index < -0.39 is 0 Å². The summed E-state index contributed by atoms with van der Waals surface area (Å²) >= 11 is 0. The Morgan fingerprint density at radius 2 is 1.86 bits per heavy atom. The van der Waals surface area contributed by atoms with Crippen LogP contribution in [-0.4, -0.2) is 19.6 Å². The van der Waals surface area contributed by atoms with Crippen molar-refractivity contribution in [2.24, 2.45) is 0 Å². The predicted octanol–water partition coefficient (Wildman–Crippen LogP) is 3.07. The van der Waals surface area contributed by atoms with Crippen molar-refractivity contribution in [3.05, 3.63) is 71.5 Å². The van der Waals surface area contributed by atoms with E-state index in [2.05, 4.69) is 5.32 Å². The van der Waals surface area contributed by atoms with Gasteiger partial charge in [-0.25, -0.2) is 4.39 Å².